The second kappa shape index (κ2) is 5.99. The Morgan fingerprint density at radius 1 is 0.455 bits per heavy atom. The zero-order valence-electron chi connectivity index (χ0n) is 19.0. The van der Waals surface area contributed by atoms with Crippen molar-refractivity contribution in [3.8, 4) is 0 Å². The van der Waals surface area contributed by atoms with Gasteiger partial charge in [-0.1, -0.05) is 0 Å². The van der Waals surface area contributed by atoms with Crippen molar-refractivity contribution in [1.82, 2.24) is 0 Å². The summed E-state index contributed by atoms with van der Waals surface area (Å²) in [5, 5.41) is 0. The lowest BCUT2D eigenvalue weighted by Gasteiger charge is -2.54. The second-order valence-electron chi connectivity index (χ2n) is 12.7. The monoisotopic (exact) mass is 458 g/mol. The standard InChI is InChI=1S/C26H34O7/c1-5-15-21(29-15)11(1)25(19-9-27-19,12-2-6-16-22(12)30-16)33-26(20-10-28-20,13-3-7-17-23(13)31-17)14-4-8-18-24(14)32-18/h11-24H,1-10H2. The highest BCUT2D eigenvalue weighted by Gasteiger charge is 2.77. The van der Waals surface area contributed by atoms with Crippen LogP contribution in [0.3, 0.4) is 0 Å². The summed E-state index contributed by atoms with van der Waals surface area (Å²) in [5.41, 5.74) is -0.671. The second-order valence-corrected chi connectivity index (χ2v) is 12.7. The zero-order chi connectivity index (χ0) is 21.1. The van der Waals surface area contributed by atoms with Crippen molar-refractivity contribution in [1.29, 1.82) is 0 Å². The molecule has 6 heterocycles. The molecule has 0 spiro atoms. The van der Waals surface area contributed by atoms with Crippen molar-refractivity contribution >= 4 is 0 Å². The van der Waals surface area contributed by atoms with Crippen LogP contribution in [-0.2, 0) is 33.2 Å². The molecule has 0 aromatic heterocycles. The Kier molecular flexibility index (Phi) is 3.43. The normalized spacial score (nSPS) is 63.6. The molecular weight excluding hydrogens is 424 g/mol. The van der Waals surface area contributed by atoms with Crippen molar-refractivity contribution in [2.75, 3.05) is 13.2 Å². The zero-order valence-corrected chi connectivity index (χ0v) is 19.0. The van der Waals surface area contributed by atoms with Gasteiger partial charge in [0.25, 0.3) is 0 Å². The van der Waals surface area contributed by atoms with E-state index in [1.165, 1.54) is 25.7 Å². The Bertz CT molecular complexity index is 764. The largest absolute Gasteiger partial charge is 0.370 e. The summed E-state index contributed by atoms with van der Waals surface area (Å²) in [4.78, 5) is 0. The summed E-state index contributed by atoms with van der Waals surface area (Å²) < 4.78 is 45.3. The number of rotatable bonds is 8. The fourth-order valence-electron chi connectivity index (χ4n) is 9.80. The molecule has 0 radical (unpaired) electrons. The SMILES string of the molecule is C1CC(C(OC(C2CO2)(C2CCC3OC32)C2CCC3OC32)(C2CO2)C2CCC3OC32)C2OC12. The maximum absolute atomic E-state index is 8.03. The highest BCUT2D eigenvalue weighted by atomic mass is 16.7. The molecule has 6 saturated heterocycles. The predicted molar refractivity (Wildman–Crippen MR) is 112 cm³/mol. The summed E-state index contributed by atoms with van der Waals surface area (Å²) in [7, 11) is 0. The van der Waals surface area contributed by atoms with Crippen LogP contribution in [0.1, 0.15) is 51.4 Å². The van der Waals surface area contributed by atoms with Crippen LogP contribution in [0.5, 0.6) is 0 Å². The third kappa shape index (κ3) is 2.41. The van der Waals surface area contributed by atoms with Crippen LogP contribution in [0.2, 0.25) is 0 Å². The molecule has 0 bridgehead atoms. The highest BCUT2D eigenvalue weighted by molar-refractivity contribution is 5.24. The van der Waals surface area contributed by atoms with E-state index in [1.54, 1.807) is 0 Å². The smallest absolute Gasteiger partial charge is 0.111 e. The van der Waals surface area contributed by atoms with Crippen LogP contribution >= 0.6 is 0 Å². The van der Waals surface area contributed by atoms with E-state index >= 15 is 0 Å². The summed E-state index contributed by atoms with van der Waals surface area (Å²) in [5.74, 6) is 1.60. The van der Waals surface area contributed by atoms with Gasteiger partial charge in [0.2, 0.25) is 0 Å². The number of hydrogen-bond acceptors (Lipinski definition) is 7. The molecule has 6 aliphatic heterocycles. The molecule has 14 unspecified atom stereocenters. The van der Waals surface area contributed by atoms with Gasteiger partial charge in [-0.15, -0.1) is 0 Å². The highest BCUT2D eigenvalue weighted by Crippen LogP contribution is 2.67. The van der Waals surface area contributed by atoms with E-state index < -0.39 is 0 Å². The van der Waals surface area contributed by atoms with E-state index in [0.29, 0.717) is 72.5 Å². The fourth-order valence-corrected chi connectivity index (χ4v) is 9.80. The van der Waals surface area contributed by atoms with E-state index in [1.807, 2.05) is 0 Å². The van der Waals surface area contributed by atoms with Gasteiger partial charge in [0.05, 0.1) is 62.0 Å². The third-order valence-electron chi connectivity index (χ3n) is 11.5. The first-order valence-electron chi connectivity index (χ1n) is 13.8. The van der Waals surface area contributed by atoms with Gasteiger partial charge in [0.15, 0.2) is 0 Å². The van der Waals surface area contributed by atoms with Gasteiger partial charge in [-0.2, -0.15) is 0 Å². The molecule has 0 aromatic carbocycles. The minimum atomic E-state index is -0.336. The molecule has 0 N–H and O–H groups in total. The molecule has 33 heavy (non-hydrogen) atoms. The van der Waals surface area contributed by atoms with E-state index in [0.717, 1.165) is 38.9 Å². The minimum Gasteiger partial charge on any atom is -0.370 e. The Hall–Kier alpha value is -0.280. The van der Waals surface area contributed by atoms with Gasteiger partial charge in [-0.3, -0.25) is 0 Å². The summed E-state index contributed by atoms with van der Waals surface area (Å²) in [6.45, 7) is 1.62. The average molecular weight is 459 g/mol. The summed E-state index contributed by atoms with van der Waals surface area (Å²) in [6, 6.07) is 0. The van der Waals surface area contributed by atoms with Gasteiger partial charge in [-0.25, -0.2) is 0 Å². The van der Waals surface area contributed by atoms with Crippen molar-refractivity contribution in [3.05, 3.63) is 0 Å². The van der Waals surface area contributed by atoms with Crippen LogP contribution in [0.4, 0.5) is 0 Å². The molecule has 0 aromatic rings. The van der Waals surface area contributed by atoms with Crippen molar-refractivity contribution in [2.45, 2.75) is 124 Å². The van der Waals surface area contributed by atoms with Gasteiger partial charge in [0.1, 0.15) is 23.4 Å². The van der Waals surface area contributed by atoms with Crippen LogP contribution in [0, 0.1) is 23.7 Å². The quantitative estimate of drug-likeness (QED) is 0.514. The predicted octanol–water partition coefficient (Wildman–Crippen LogP) is 1.99. The van der Waals surface area contributed by atoms with Crippen LogP contribution in [-0.4, -0.2) is 85.5 Å². The minimum absolute atomic E-state index is 0.158. The molecule has 0 amide bonds. The lowest BCUT2D eigenvalue weighted by Crippen LogP contribution is -2.65. The lowest BCUT2D eigenvalue weighted by atomic mass is 9.67. The van der Waals surface area contributed by atoms with E-state index in [4.69, 9.17) is 33.2 Å². The van der Waals surface area contributed by atoms with Crippen molar-refractivity contribution in [3.63, 3.8) is 0 Å². The van der Waals surface area contributed by atoms with E-state index in [9.17, 15) is 0 Å². The topological polar surface area (TPSA) is 84.4 Å². The maximum Gasteiger partial charge on any atom is 0.111 e. The molecule has 10 fully saturated rings. The van der Waals surface area contributed by atoms with E-state index in [-0.39, 0.29) is 23.4 Å². The first kappa shape index (κ1) is 18.9. The summed E-state index contributed by atoms with van der Waals surface area (Å²) >= 11 is 0. The van der Waals surface area contributed by atoms with Crippen molar-refractivity contribution < 1.29 is 33.2 Å². The molecule has 4 aliphatic carbocycles. The average Bonchev–Trinajstić information content (AvgIpc) is 3.65. The van der Waals surface area contributed by atoms with Crippen LogP contribution in [0.15, 0.2) is 0 Å². The maximum atomic E-state index is 8.03. The van der Waals surface area contributed by atoms with Gasteiger partial charge >= 0.3 is 0 Å². The van der Waals surface area contributed by atoms with Crippen molar-refractivity contribution in [2.24, 2.45) is 23.7 Å². The van der Waals surface area contributed by atoms with Crippen LogP contribution in [0.25, 0.3) is 0 Å². The Morgan fingerprint density at radius 2 is 0.758 bits per heavy atom. The summed E-state index contributed by atoms with van der Waals surface area (Å²) in [6.07, 6.45) is 12.8. The molecule has 14 atom stereocenters. The number of ether oxygens (including phenoxy) is 7. The molecule has 7 nitrogen and oxygen atoms in total. The lowest BCUT2D eigenvalue weighted by molar-refractivity contribution is -0.270. The van der Waals surface area contributed by atoms with Gasteiger partial charge in [0, 0.05) is 23.7 Å². The Labute approximate surface area is 194 Å². The molecule has 180 valence electrons. The Morgan fingerprint density at radius 3 is 0.939 bits per heavy atom. The molecule has 4 saturated carbocycles. The van der Waals surface area contributed by atoms with Crippen LogP contribution < -0.4 is 0 Å². The van der Waals surface area contributed by atoms with Gasteiger partial charge in [-0.05, 0) is 51.4 Å². The number of epoxide rings is 6. The third-order valence-corrected chi connectivity index (χ3v) is 11.5. The molecular formula is C26H34O7. The first-order valence-corrected chi connectivity index (χ1v) is 13.8. The fraction of sp³-hybridized carbons (Fsp3) is 1.00. The Balaban J connectivity index is 1.14. The van der Waals surface area contributed by atoms with Gasteiger partial charge < -0.3 is 33.2 Å². The van der Waals surface area contributed by atoms with E-state index in [2.05, 4.69) is 0 Å². The molecule has 10 aliphatic rings. The first-order chi connectivity index (χ1) is 16.3. The number of hydrogen-bond donors (Lipinski definition) is 0. The molecule has 10 rings (SSSR count). The molecule has 7 heteroatoms. The number of fused-ring (bicyclic) bond motifs is 4.